The number of sulfonamides is 1. The van der Waals surface area contributed by atoms with Crippen LogP contribution in [-0.2, 0) is 10.0 Å². The van der Waals surface area contributed by atoms with Gasteiger partial charge in [0.1, 0.15) is 10.9 Å². The second-order valence-electron chi connectivity index (χ2n) is 5.51. The van der Waals surface area contributed by atoms with Gasteiger partial charge in [0.2, 0.25) is 10.0 Å². The van der Waals surface area contributed by atoms with E-state index < -0.39 is 32.9 Å². The molecule has 26 heavy (non-hydrogen) atoms. The second-order valence-corrected chi connectivity index (χ2v) is 8.28. The number of aryl methyl sites for hydroxylation is 1. The standard InChI is InChI=1S/C16H17F3N2O3S2/c1-11-6-8-12(9-7-11)25-10-15(16(17,18)19)21-26(23,24)14-5-3-2-4-13(14)20-22/h2-9,15,20-22H,10H2,1H3/p+1. The van der Waals surface area contributed by atoms with E-state index >= 15 is 0 Å². The molecule has 0 heterocycles. The highest BCUT2D eigenvalue weighted by molar-refractivity contribution is 7.99. The molecule has 0 spiro atoms. The van der Waals surface area contributed by atoms with Crippen molar-refractivity contribution >= 4 is 27.5 Å². The van der Waals surface area contributed by atoms with Gasteiger partial charge in [-0.1, -0.05) is 29.8 Å². The predicted molar refractivity (Wildman–Crippen MR) is 91.9 cm³/mol. The van der Waals surface area contributed by atoms with E-state index in [4.69, 9.17) is 5.21 Å². The molecule has 0 aliphatic heterocycles. The molecule has 2 aromatic carbocycles. The van der Waals surface area contributed by atoms with Crippen LogP contribution in [0.25, 0.3) is 0 Å². The number of thioether (sulfide) groups is 1. The summed E-state index contributed by atoms with van der Waals surface area (Å²) in [5, 5.41) is 9.11. The zero-order valence-corrected chi connectivity index (χ0v) is 15.3. The van der Waals surface area contributed by atoms with Crippen LogP contribution in [0.15, 0.2) is 58.3 Å². The van der Waals surface area contributed by atoms with Gasteiger partial charge in [-0.2, -0.15) is 23.4 Å². The van der Waals surface area contributed by atoms with E-state index in [1.807, 2.05) is 6.92 Å². The lowest BCUT2D eigenvalue weighted by molar-refractivity contribution is -0.827. The van der Waals surface area contributed by atoms with Gasteiger partial charge >= 0.3 is 6.18 Å². The quantitative estimate of drug-likeness (QED) is 0.374. The van der Waals surface area contributed by atoms with E-state index in [0.29, 0.717) is 10.4 Å². The van der Waals surface area contributed by atoms with Gasteiger partial charge in [-0.25, -0.2) is 13.6 Å². The Bertz CT molecular complexity index is 841. The molecular formula is C16H18F3N2O3S2+. The molecule has 0 aliphatic carbocycles. The van der Waals surface area contributed by atoms with Crippen molar-refractivity contribution < 1.29 is 32.3 Å². The first-order chi connectivity index (χ1) is 12.1. The van der Waals surface area contributed by atoms with Crippen LogP contribution >= 0.6 is 11.8 Å². The molecule has 2 aromatic rings. The van der Waals surface area contributed by atoms with Crippen LogP contribution in [0.5, 0.6) is 0 Å². The molecule has 0 fully saturated rings. The maximum atomic E-state index is 13.3. The third-order valence-electron chi connectivity index (χ3n) is 3.48. The molecule has 4 N–H and O–H groups in total. The van der Waals surface area contributed by atoms with Crippen LogP contribution in [0, 0.1) is 6.92 Å². The molecule has 0 saturated heterocycles. The fourth-order valence-corrected chi connectivity index (χ4v) is 4.56. The molecule has 2 rings (SSSR count). The van der Waals surface area contributed by atoms with Crippen molar-refractivity contribution in [3.8, 4) is 0 Å². The van der Waals surface area contributed by atoms with Crippen LogP contribution in [-0.4, -0.2) is 31.6 Å². The fourth-order valence-electron chi connectivity index (χ4n) is 2.09. The van der Waals surface area contributed by atoms with E-state index in [0.717, 1.165) is 23.4 Å². The summed E-state index contributed by atoms with van der Waals surface area (Å²) < 4.78 is 66.4. The number of hydrogen-bond donors (Lipinski definition) is 3. The van der Waals surface area contributed by atoms with Crippen molar-refractivity contribution in [2.75, 3.05) is 5.75 Å². The number of quaternary nitrogens is 1. The maximum Gasteiger partial charge on any atom is 0.405 e. The highest BCUT2D eigenvalue weighted by atomic mass is 32.2. The Morgan fingerprint density at radius 1 is 1.15 bits per heavy atom. The molecule has 1 unspecified atom stereocenters. The Kier molecular flexibility index (Phi) is 6.69. The van der Waals surface area contributed by atoms with Gasteiger partial charge in [0, 0.05) is 16.7 Å². The molecule has 5 nitrogen and oxygen atoms in total. The topological polar surface area (TPSA) is 83.0 Å². The SMILES string of the molecule is Cc1ccc(SCC(NS(=O)(=O)c2ccccc2[NH2+]O)C(F)(F)F)cc1. The number of alkyl halides is 3. The van der Waals surface area contributed by atoms with Crippen molar-refractivity contribution in [3.63, 3.8) is 0 Å². The molecule has 0 amide bonds. The molecule has 0 aromatic heterocycles. The van der Waals surface area contributed by atoms with Gasteiger partial charge in [0.05, 0.1) is 0 Å². The van der Waals surface area contributed by atoms with Gasteiger partial charge < -0.3 is 0 Å². The molecule has 10 heteroatoms. The van der Waals surface area contributed by atoms with Crippen molar-refractivity contribution in [1.29, 1.82) is 0 Å². The number of nitrogens with one attached hydrogen (secondary N) is 1. The number of para-hydroxylation sites is 1. The van der Waals surface area contributed by atoms with E-state index in [-0.39, 0.29) is 5.69 Å². The van der Waals surface area contributed by atoms with Crippen LogP contribution < -0.4 is 10.2 Å². The first-order valence-electron chi connectivity index (χ1n) is 7.48. The summed E-state index contributed by atoms with van der Waals surface area (Å²) in [6, 6.07) is 9.87. The first-order valence-corrected chi connectivity index (χ1v) is 9.95. The molecule has 0 bridgehead atoms. The normalized spacial score (nSPS) is 13.6. The zero-order valence-electron chi connectivity index (χ0n) is 13.7. The lowest BCUT2D eigenvalue weighted by Crippen LogP contribution is -2.74. The maximum absolute atomic E-state index is 13.3. The van der Waals surface area contributed by atoms with Gasteiger partial charge in [0.15, 0.2) is 5.69 Å². The van der Waals surface area contributed by atoms with Gasteiger partial charge in [0.25, 0.3) is 0 Å². The minimum atomic E-state index is -4.76. The number of benzene rings is 2. The molecule has 0 aliphatic rings. The molecule has 1 atom stereocenters. The van der Waals surface area contributed by atoms with Crippen molar-refractivity contribution in [2.45, 2.75) is 28.9 Å². The number of hydrogen-bond acceptors (Lipinski definition) is 4. The van der Waals surface area contributed by atoms with Crippen LogP contribution in [0.1, 0.15) is 5.56 Å². The summed E-state index contributed by atoms with van der Waals surface area (Å²) in [5.74, 6) is -0.517. The smallest absolute Gasteiger partial charge is 0.215 e. The van der Waals surface area contributed by atoms with E-state index in [2.05, 4.69) is 0 Å². The number of halogens is 3. The molecule has 142 valence electrons. The zero-order chi connectivity index (χ0) is 19.4. The van der Waals surface area contributed by atoms with Crippen LogP contribution in [0.2, 0.25) is 0 Å². The van der Waals surface area contributed by atoms with Crippen LogP contribution in [0.3, 0.4) is 0 Å². The minimum absolute atomic E-state index is 0.0906. The Hall–Kier alpha value is -1.59. The van der Waals surface area contributed by atoms with Crippen LogP contribution in [0.4, 0.5) is 18.9 Å². The van der Waals surface area contributed by atoms with E-state index in [1.165, 1.54) is 18.2 Å². The average Bonchev–Trinajstić information content (AvgIpc) is 2.59. The summed E-state index contributed by atoms with van der Waals surface area (Å²) >= 11 is 0.906. The van der Waals surface area contributed by atoms with E-state index in [9.17, 15) is 21.6 Å². The average molecular weight is 407 g/mol. The molecular weight excluding hydrogens is 389 g/mol. The highest BCUT2D eigenvalue weighted by Crippen LogP contribution is 2.29. The Labute approximate surface area is 153 Å². The highest BCUT2D eigenvalue weighted by Gasteiger charge is 2.42. The molecule has 0 saturated carbocycles. The van der Waals surface area contributed by atoms with E-state index in [1.54, 1.807) is 29.0 Å². The summed E-state index contributed by atoms with van der Waals surface area (Å²) in [4.78, 5) is 0.185. The Morgan fingerprint density at radius 2 is 1.77 bits per heavy atom. The Morgan fingerprint density at radius 3 is 2.35 bits per heavy atom. The largest absolute Gasteiger partial charge is 0.405 e. The van der Waals surface area contributed by atoms with Gasteiger partial charge in [-0.3, -0.25) is 0 Å². The van der Waals surface area contributed by atoms with Gasteiger partial charge in [-0.15, -0.1) is 11.8 Å². The summed E-state index contributed by atoms with van der Waals surface area (Å²) in [7, 11) is -4.47. The lowest BCUT2D eigenvalue weighted by Gasteiger charge is -2.21. The summed E-state index contributed by atoms with van der Waals surface area (Å²) in [6.45, 7) is 1.86. The Balaban J connectivity index is 2.20. The van der Waals surface area contributed by atoms with Gasteiger partial charge in [-0.05, 0) is 25.1 Å². The third kappa shape index (κ3) is 5.45. The van der Waals surface area contributed by atoms with Crippen molar-refractivity contribution in [1.82, 2.24) is 4.72 Å². The summed E-state index contributed by atoms with van der Waals surface area (Å²) in [5.41, 5.74) is 1.42. The minimum Gasteiger partial charge on any atom is -0.215 e. The molecule has 0 radical (unpaired) electrons. The van der Waals surface area contributed by atoms with Crippen molar-refractivity contribution in [3.05, 3.63) is 54.1 Å². The first kappa shape index (κ1) is 20.7. The number of rotatable bonds is 7. The lowest BCUT2D eigenvalue weighted by atomic mass is 10.2. The predicted octanol–water partition coefficient (Wildman–Crippen LogP) is 2.58. The second kappa shape index (κ2) is 8.40. The van der Waals surface area contributed by atoms with Crippen molar-refractivity contribution in [2.24, 2.45) is 0 Å². The summed E-state index contributed by atoms with van der Waals surface area (Å²) in [6.07, 6.45) is -4.76. The third-order valence-corrected chi connectivity index (χ3v) is 6.13. The fraction of sp³-hybridized carbons (Fsp3) is 0.250. The monoisotopic (exact) mass is 407 g/mol. The number of nitrogens with two attached hydrogens (primary N) is 1.